The Kier molecular flexibility index (Phi) is 7.96. The lowest BCUT2D eigenvalue weighted by atomic mass is 9.67. The largest absolute Gasteiger partial charge is 0.488 e. The molecule has 5 heteroatoms. The maximum absolute atomic E-state index is 6.09. The Hall–Kier alpha value is -1.75. The molecular formula is C22H37N3O2. The molecule has 0 aliphatic heterocycles. The van der Waals surface area contributed by atoms with E-state index in [1.165, 1.54) is 19.3 Å². The predicted molar refractivity (Wildman–Crippen MR) is 112 cm³/mol. The van der Waals surface area contributed by atoms with Gasteiger partial charge in [-0.15, -0.1) is 0 Å². The van der Waals surface area contributed by atoms with Crippen LogP contribution >= 0.6 is 0 Å². The molecule has 0 aromatic heterocycles. The van der Waals surface area contributed by atoms with E-state index < -0.39 is 0 Å². The molecule has 0 heterocycles. The van der Waals surface area contributed by atoms with Crippen LogP contribution < -0.4 is 15.4 Å². The molecule has 27 heavy (non-hydrogen) atoms. The minimum Gasteiger partial charge on any atom is -0.488 e. The molecule has 152 valence electrons. The highest BCUT2D eigenvalue weighted by molar-refractivity contribution is 5.79. The van der Waals surface area contributed by atoms with Crippen LogP contribution in [0.25, 0.3) is 0 Å². The number of rotatable bonds is 9. The Labute approximate surface area is 164 Å². The Morgan fingerprint density at radius 2 is 1.93 bits per heavy atom. The number of benzene rings is 1. The van der Waals surface area contributed by atoms with Gasteiger partial charge in [-0.3, -0.25) is 0 Å². The van der Waals surface area contributed by atoms with Crippen LogP contribution in [0, 0.1) is 5.41 Å². The first kappa shape index (κ1) is 21.5. The monoisotopic (exact) mass is 375 g/mol. The molecule has 5 nitrogen and oxygen atoms in total. The van der Waals surface area contributed by atoms with Gasteiger partial charge in [0.1, 0.15) is 11.4 Å². The van der Waals surface area contributed by atoms with E-state index in [1.54, 1.807) is 7.11 Å². The minimum absolute atomic E-state index is 0.222. The van der Waals surface area contributed by atoms with Gasteiger partial charge < -0.3 is 20.1 Å². The molecule has 0 spiro atoms. The Morgan fingerprint density at radius 1 is 1.19 bits per heavy atom. The van der Waals surface area contributed by atoms with E-state index >= 15 is 0 Å². The molecule has 1 saturated carbocycles. The SMILES string of the molecule is CCNC(=NCc1ccccc1OC(C)(C)C)NCC1(CCOC)CCC1. The summed E-state index contributed by atoms with van der Waals surface area (Å²) < 4.78 is 11.4. The first-order chi connectivity index (χ1) is 12.9. The van der Waals surface area contributed by atoms with Crippen molar-refractivity contribution in [3.8, 4) is 5.75 Å². The van der Waals surface area contributed by atoms with Gasteiger partial charge in [-0.2, -0.15) is 0 Å². The number of hydrogen-bond donors (Lipinski definition) is 2. The van der Waals surface area contributed by atoms with Crippen LogP contribution in [0.4, 0.5) is 0 Å². The summed E-state index contributed by atoms with van der Waals surface area (Å²) in [7, 11) is 1.78. The molecule has 1 aliphatic rings. The van der Waals surface area contributed by atoms with Crippen LogP contribution in [0.15, 0.2) is 29.3 Å². The summed E-state index contributed by atoms with van der Waals surface area (Å²) >= 11 is 0. The molecule has 0 saturated heterocycles. The van der Waals surface area contributed by atoms with Gasteiger partial charge >= 0.3 is 0 Å². The van der Waals surface area contributed by atoms with Crippen molar-refractivity contribution < 1.29 is 9.47 Å². The number of para-hydroxylation sites is 1. The molecule has 0 unspecified atom stereocenters. The van der Waals surface area contributed by atoms with E-state index in [1.807, 2.05) is 18.2 Å². The molecule has 0 amide bonds. The van der Waals surface area contributed by atoms with E-state index in [9.17, 15) is 0 Å². The van der Waals surface area contributed by atoms with Crippen LogP contribution in [0.5, 0.6) is 5.75 Å². The second-order valence-corrected chi connectivity index (χ2v) is 8.47. The highest BCUT2D eigenvalue weighted by atomic mass is 16.5. The number of aliphatic imine (C=N–C) groups is 1. The molecule has 1 fully saturated rings. The fourth-order valence-electron chi connectivity index (χ4n) is 3.35. The summed E-state index contributed by atoms with van der Waals surface area (Å²) in [5.74, 6) is 1.77. The average molecular weight is 376 g/mol. The molecule has 0 atom stereocenters. The van der Waals surface area contributed by atoms with Crippen molar-refractivity contribution in [2.24, 2.45) is 10.4 Å². The van der Waals surface area contributed by atoms with Crippen LogP contribution in [0.2, 0.25) is 0 Å². The first-order valence-corrected chi connectivity index (χ1v) is 10.2. The van der Waals surface area contributed by atoms with Gasteiger partial charge in [-0.05, 0) is 58.4 Å². The van der Waals surface area contributed by atoms with Crippen molar-refractivity contribution in [1.82, 2.24) is 10.6 Å². The predicted octanol–water partition coefficient (Wildman–Crippen LogP) is 4.13. The Bertz CT molecular complexity index is 604. The average Bonchev–Trinajstić information content (AvgIpc) is 2.58. The second kappa shape index (κ2) is 9.98. The molecule has 1 aromatic rings. The molecule has 1 aromatic carbocycles. The standard InChI is InChI=1S/C22H37N3O2/c1-6-23-20(25-17-22(12-9-13-22)14-15-26-5)24-16-18-10-7-8-11-19(18)27-21(2,3)4/h7-8,10-11H,6,9,12-17H2,1-5H3,(H2,23,24,25). The van der Waals surface area contributed by atoms with E-state index in [0.717, 1.165) is 43.4 Å². The third-order valence-corrected chi connectivity index (χ3v) is 5.02. The van der Waals surface area contributed by atoms with Crippen molar-refractivity contribution in [1.29, 1.82) is 0 Å². The van der Waals surface area contributed by atoms with Crippen LogP contribution in [-0.2, 0) is 11.3 Å². The summed E-state index contributed by atoms with van der Waals surface area (Å²) in [6.07, 6.45) is 4.96. The summed E-state index contributed by atoms with van der Waals surface area (Å²) in [5, 5.41) is 6.92. The topological polar surface area (TPSA) is 54.9 Å². The van der Waals surface area contributed by atoms with Crippen LogP contribution in [-0.4, -0.2) is 38.4 Å². The summed E-state index contributed by atoms with van der Waals surface area (Å²) in [6.45, 7) is 11.5. The molecular weight excluding hydrogens is 338 g/mol. The van der Waals surface area contributed by atoms with Gasteiger partial charge in [0.05, 0.1) is 6.54 Å². The summed E-state index contributed by atoms with van der Waals surface area (Å²) in [5.41, 5.74) is 1.24. The number of methoxy groups -OCH3 is 1. The third kappa shape index (κ3) is 7.06. The number of nitrogens with one attached hydrogen (secondary N) is 2. The number of nitrogens with zero attached hydrogens (tertiary/aromatic N) is 1. The second-order valence-electron chi connectivity index (χ2n) is 8.47. The molecule has 0 bridgehead atoms. The maximum atomic E-state index is 6.09. The van der Waals surface area contributed by atoms with Crippen LogP contribution in [0.3, 0.4) is 0 Å². The van der Waals surface area contributed by atoms with E-state index in [0.29, 0.717) is 12.0 Å². The highest BCUT2D eigenvalue weighted by Crippen LogP contribution is 2.43. The molecule has 1 aliphatic carbocycles. The van der Waals surface area contributed by atoms with E-state index in [4.69, 9.17) is 14.5 Å². The summed E-state index contributed by atoms with van der Waals surface area (Å²) in [6, 6.07) is 8.15. The van der Waals surface area contributed by atoms with E-state index in [-0.39, 0.29) is 5.60 Å². The zero-order valence-corrected chi connectivity index (χ0v) is 17.7. The van der Waals surface area contributed by atoms with Crippen LogP contribution in [0.1, 0.15) is 58.9 Å². The lowest BCUT2D eigenvalue weighted by Gasteiger charge is -2.42. The lowest BCUT2D eigenvalue weighted by Crippen LogP contribution is -2.47. The molecule has 2 rings (SSSR count). The lowest BCUT2D eigenvalue weighted by molar-refractivity contribution is 0.0732. The fourth-order valence-corrected chi connectivity index (χ4v) is 3.35. The molecule has 2 N–H and O–H groups in total. The third-order valence-electron chi connectivity index (χ3n) is 5.02. The van der Waals surface area contributed by atoms with Gasteiger partial charge in [0.2, 0.25) is 0 Å². The van der Waals surface area contributed by atoms with Crippen molar-refractivity contribution in [3.05, 3.63) is 29.8 Å². The van der Waals surface area contributed by atoms with E-state index in [2.05, 4.69) is 44.4 Å². The number of ether oxygens (including phenoxy) is 2. The normalized spacial score (nSPS) is 16.6. The zero-order chi connectivity index (χ0) is 19.8. The van der Waals surface area contributed by atoms with Gasteiger partial charge in [-0.25, -0.2) is 4.99 Å². The number of guanidine groups is 1. The van der Waals surface area contributed by atoms with Crippen molar-refractivity contribution in [2.75, 3.05) is 26.8 Å². The first-order valence-electron chi connectivity index (χ1n) is 10.2. The Balaban J connectivity index is 2.01. The minimum atomic E-state index is -0.222. The quantitative estimate of drug-likeness (QED) is 0.503. The molecule has 0 radical (unpaired) electrons. The smallest absolute Gasteiger partial charge is 0.191 e. The Morgan fingerprint density at radius 3 is 2.52 bits per heavy atom. The number of hydrogen-bond acceptors (Lipinski definition) is 3. The van der Waals surface area contributed by atoms with Gasteiger partial charge in [0.15, 0.2) is 5.96 Å². The van der Waals surface area contributed by atoms with Gasteiger partial charge in [0.25, 0.3) is 0 Å². The zero-order valence-electron chi connectivity index (χ0n) is 17.7. The fraction of sp³-hybridized carbons (Fsp3) is 0.682. The van der Waals surface area contributed by atoms with Gasteiger partial charge in [-0.1, -0.05) is 24.6 Å². The van der Waals surface area contributed by atoms with Crippen molar-refractivity contribution in [2.45, 2.75) is 65.5 Å². The van der Waals surface area contributed by atoms with Crippen molar-refractivity contribution in [3.63, 3.8) is 0 Å². The van der Waals surface area contributed by atoms with Crippen molar-refractivity contribution >= 4 is 5.96 Å². The van der Waals surface area contributed by atoms with Gasteiger partial charge in [0, 0.05) is 32.4 Å². The summed E-state index contributed by atoms with van der Waals surface area (Å²) in [4.78, 5) is 4.80. The maximum Gasteiger partial charge on any atom is 0.191 e. The highest BCUT2D eigenvalue weighted by Gasteiger charge is 2.36.